The molecule has 1 aromatic heterocycles. The van der Waals surface area contributed by atoms with Gasteiger partial charge in [-0.1, -0.05) is 17.7 Å². The third-order valence-corrected chi connectivity index (χ3v) is 3.27. The fourth-order valence-electron chi connectivity index (χ4n) is 1.93. The summed E-state index contributed by atoms with van der Waals surface area (Å²) in [5.74, 6) is 0.361. The van der Waals surface area contributed by atoms with Crippen molar-refractivity contribution in [3.05, 3.63) is 50.4 Å². The van der Waals surface area contributed by atoms with Gasteiger partial charge in [0.1, 0.15) is 0 Å². The first-order valence-corrected chi connectivity index (χ1v) is 6.63. The van der Waals surface area contributed by atoms with Gasteiger partial charge in [0.2, 0.25) is 5.95 Å². The zero-order chi connectivity index (χ0) is 14.7. The molecule has 1 heterocycles. The van der Waals surface area contributed by atoms with Gasteiger partial charge in [0, 0.05) is 29.3 Å². The topological polar surface area (TPSA) is 78.0 Å². The molecule has 0 spiro atoms. The van der Waals surface area contributed by atoms with Crippen molar-refractivity contribution in [2.75, 3.05) is 11.9 Å². The SMILES string of the molecule is Cc1ccc(Cl)cc1Nc1nc(C)c(CCO)c(=O)[nH]1. The summed E-state index contributed by atoms with van der Waals surface area (Å²) in [4.78, 5) is 18.9. The van der Waals surface area contributed by atoms with Gasteiger partial charge in [-0.25, -0.2) is 4.98 Å². The van der Waals surface area contributed by atoms with Crippen molar-refractivity contribution in [3.8, 4) is 0 Å². The Kier molecular flexibility index (Phi) is 4.42. The van der Waals surface area contributed by atoms with Gasteiger partial charge in [-0.15, -0.1) is 0 Å². The molecule has 0 saturated heterocycles. The molecule has 0 unspecified atom stereocenters. The summed E-state index contributed by atoms with van der Waals surface area (Å²) in [6.45, 7) is 3.60. The van der Waals surface area contributed by atoms with Crippen LogP contribution in [0.4, 0.5) is 11.6 Å². The Labute approximate surface area is 121 Å². The minimum Gasteiger partial charge on any atom is -0.396 e. The number of anilines is 2. The second-order valence-corrected chi connectivity index (χ2v) is 4.97. The Bertz CT molecular complexity index is 683. The second kappa shape index (κ2) is 6.07. The maximum absolute atomic E-state index is 11.9. The molecule has 0 amide bonds. The number of halogens is 1. The number of rotatable bonds is 4. The van der Waals surface area contributed by atoms with E-state index in [0.717, 1.165) is 11.3 Å². The van der Waals surface area contributed by atoms with Crippen LogP contribution in [0.1, 0.15) is 16.8 Å². The van der Waals surface area contributed by atoms with E-state index in [0.29, 0.717) is 28.6 Å². The maximum atomic E-state index is 11.9. The third-order valence-electron chi connectivity index (χ3n) is 3.04. The van der Waals surface area contributed by atoms with Gasteiger partial charge in [-0.3, -0.25) is 9.78 Å². The molecule has 5 nitrogen and oxygen atoms in total. The Morgan fingerprint density at radius 3 is 2.80 bits per heavy atom. The van der Waals surface area contributed by atoms with E-state index in [1.54, 1.807) is 19.1 Å². The highest BCUT2D eigenvalue weighted by molar-refractivity contribution is 6.30. The molecule has 0 atom stereocenters. The Hall–Kier alpha value is -1.85. The van der Waals surface area contributed by atoms with Gasteiger partial charge in [0.25, 0.3) is 5.56 Å². The summed E-state index contributed by atoms with van der Waals surface area (Å²) in [7, 11) is 0. The number of H-pyrrole nitrogens is 1. The number of aryl methyl sites for hydroxylation is 2. The van der Waals surface area contributed by atoms with Crippen LogP contribution in [0.5, 0.6) is 0 Å². The Morgan fingerprint density at radius 1 is 1.40 bits per heavy atom. The van der Waals surface area contributed by atoms with E-state index >= 15 is 0 Å². The zero-order valence-corrected chi connectivity index (χ0v) is 12.1. The predicted octanol–water partition coefficient (Wildman–Crippen LogP) is 2.32. The van der Waals surface area contributed by atoms with E-state index in [-0.39, 0.29) is 12.2 Å². The first kappa shape index (κ1) is 14.6. The maximum Gasteiger partial charge on any atom is 0.255 e. The number of hydrogen-bond acceptors (Lipinski definition) is 4. The number of nitrogens with zero attached hydrogens (tertiary/aromatic N) is 1. The normalized spacial score (nSPS) is 10.6. The van der Waals surface area contributed by atoms with Crippen LogP contribution in [0.2, 0.25) is 5.02 Å². The van der Waals surface area contributed by atoms with E-state index in [2.05, 4.69) is 15.3 Å². The average Bonchev–Trinajstić information content (AvgIpc) is 2.38. The molecule has 0 aliphatic heterocycles. The quantitative estimate of drug-likeness (QED) is 0.808. The minimum atomic E-state index is -0.242. The number of benzene rings is 1. The van der Waals surface area contributed by atoms with Crippen LogP contribution in [0, 0.1) is 13.8 Å². The molecule has 2 rings (SSSR count). The molecule has 3 N–H and O–H groups in total. The summed E-state index contributed by atoms with van der Waals surface area (Å²) < 4.78 is 0. The van der Waals surface area contributed by atoms with Gasteiger partial charge < -0.3 is 10.4 Å². The van der Waals surface area contributed by atoms with Crippen LogP contribution in [-0.4, -0.2) is 21.7 Å². The number of hydrogen-bond donors (Lipinski definition) is 3. The fourth-order valence-corrected chi connectivity index (χ4v) is 2.10. The third kappa shape index (κ3) is 3.18. The van der Waals surface area contributed by atoms with Crippen LogP contribution in [0.15, 0.2) is 23.0 Å². The van der Waals surface area contributed by atoms with Gasteiger partial charge in [0.15, 0.2) is 0 Å². The summed E-state index contributed by atoms with van der Waals surface area (Å²) in [5, 5.41) is 12.6. The van der Waals surface area contributed by atoms with E-state index in [4.69, 9.17) is 16.7 Å². The van der Waals surface area contributed by atoms with Crippen LogP contribution in [0.3, 0.4) is 0 Å². The molecule has 6 heteroatoms. The van der Waals surface area contributed by atoms with Crippen molar-refractivity contribution in [2.45, 2.75) is 20.3 Å². The van der Waals surface area contributed by atoms with Crippen molar-refractivity contribution < 1.29 is 5.11 Å². The minimum absolute atomic E-state index is 0.0776. The van der Waals surface area contributed by atoms with Crippen LogP contribution in [-0.2, 0) is 6.42 Å². The number of aromatic nitrogens is 2. The van der Waals surface area contributed by atoms with Gasteiger partial charge in [-0.05, 0) is 31.5 Å². The molecule has 0 fully saturated rings. The molecule has 20 heavy (non-hydrogen) atoms. The summed E-state index contributed by atoms with van der Waals surface area (Å²) >= 11 is 5.95. The highest BCUT2D eigenvalue weighted by atomic mass is 35.5. The van der Waals surface area contributed by atoms with Gasteiger partial charge in [-0.2, -0.15) is 0 Å². The second-order valence-electron chi connectivity index (χ2n) is 4.54. The fraction of sp³-hybridized carbons (Fsp3) is 0.286. The van der Waals surface area contributed by atoms with Crippen molar-refractivity contribution in [1.82, 2.24) is 9.97 Å². The molecule has 0 aliphatic rings. The largest absolute Gasteiger partial charge is 0.396 e. The monoisotopic (exact) mass is 293 g/mol. The number of aliphatic hydroxyl groups is 1. The lowest BCUT2D eigenvalue weighted by molar-refractivity contribution is 0.298. The smallest absolute Gasteiger partial charge is 0.255 e. The highest BCUT2D eigenvalue weighted by Crippen LogP contribution is 2.22. The Balaban J connectivity index is 2.35. The van der Waals surface area contributed by atoms with E-state index < -0.39 is 0 Å². The van der Waals surface area contributed by atoms with Crippen LogP contribution >= 0.6 is 11.6 Å². The number of aromatic amines is 1. The van der Waals surface area contributed by atoms with Crippen LogP contribution in [0.25, 0.3) is 0 Å². The molecular weight excluding hydrogens is 278 g/mol. The Morgan fingerprint density at radius 2 is 2.15 bits per heavy atom. The lowest BCUT2D eigenvalue weighted by atomic mass is 10.2. The molecule has 0 radical (unpaired) electrons. The molecule has 2 aromatic rings. The zero-order valence-electron chi connectivity index (χ0n) is 11.3. The highest BCUT2D eigenvalue weighted by Gasteiger charge is 2.08. The molecular formula is C14H16ClN3O2. The first-order chi connectivity index (χ1) is 9.51. The summed E-state index contributed by atoms with van der Waals surface area (Å²) in [5.41, 5.74) is 2.64. The van der Waals surface area contributed by atoms with Crippen LogP contribution < -0.4 is 10.9 Å². The van der Waals surface area contributed by atoms with Gasteiger partial charge >= 0.3 is 0 Å². The number of nitrogens with one attached hydrogen (secondary N) is 2. The molecule has 0 saturated carbocycles. The van der Waals surface area contributed by atoms with Crippen molar-refractivity contribution in [2.24, 2.45) is 0 Å². The summed E-state index contributed by atoms with van der Waals surface area (Å²) in [6, 6.07) is 5.46. The molecule has 0 bridgehead atoms. The van der Waals surface area contributed by atoms with E-state index in [1.165, 1.54) is 0 Å². The first-order valence-electron chi connectivity index (χ1n) is 6.25. The van der Waals surface area contributed by atoms with Crippen molar-refractivity contribution in [1.29, 1.82) is 0 Å². The number of aliphatic hydroxyl groups excluding tert-OH is 1. The standard InChI is InChI=1S/C14H16ClN3O2/c1-8-3-4-10(15)7-12(8)17-14-16-9(2)11(5-6-19)13(20)18-14/h3-4,7,19H,5-6H2,1-2H3,(H2,16,17,18,20). The molecule has 1 aromatic carbocycles. The van der Waals surface area contributed by atoms with Crippen molar-refractivity contribution >= 4 is 23.2 Å². The molecule has 0 aliphatic carbocycles. The van der Waals surface area contributed by atoms with E-state index in [1.807, 2.05) is 13.0 Å². The predicted molar refractivity (Wildman–Crippen MR) is 79.9 cm³/mol. The van der Waals surface area contributed by atoms with Gasteiger partial charge in [0.05, 0.1) is 5.69 Å². The lowest BCUT2D eigenvalue weighted by Gasteiger charge is -2.11. The average molecular weight is 294 g/mol. The summed E-state index contributed by atoms with van der Waals surface area (Å²) in [6.07, 6.45) is 0.296. The van der Waals surface area contributed by atoms with Crippen molar-refractivity contribution in [3.63, 3.8) is 0 Å². The lowest BCUT2D eigenvalue weighted by Crippen LogP contribution is -2.19. The van der Waals surface area contributed by atoms with E-state index in [9.17, 15) is 4.79 Å². The molecule has 106 valence electrons.